The predicted octanol–water partition coefficient (Wildman–Crippen LogP) is -0.121. The number of esters is 1. The number of urea groups is 1. The van der Waals surface area contributed by atoms with E-state index >= 15 is 0 Å². The standard InChI is InChI=1S/C16H24N6O8S/c1-16(2,3)29-11(23)8-28-19-14(17-4)13-12-9(6-18-20(12)5)10-7-21(13)15(24)22(10)30-31(25,26)27/h6,10,13H,7-8H2,1-5H3,(H,17,19)(H,25,26,27)/t10-,13-/m0/s1. The number of aromatic nitrogens is 2. The number of fused-ring (bicyclic) bond motifs is 4. The van der Waals surface area contributed by atoms with Gasteiger partial charge >= 0.3 is 22.4 Å². The van der Waals surface area contributed by atoms with Gasteiger partial charge in [0.25, 0.3) is 0 Å². The molecule has 3 heterocycles. The first-order chi connectivity index (χ1) is 14.3. The molecule has 0 aliphatic carbocycles. The molecule has 2 bridgehead atoms. The highest BCUT2D eigenvalue weighted by Gasteiger charge is 2.53. The zero-order valence-corrected chi connectivity index (χ0v) is 18.4. The van der Waals surface area contributed by atoms with Gasteiger partial charge in [-0.1, -0.05) is 5.16 Å². The normalized spacial score (nSPS) is 21.2. The number of carbonyl (C=O) groups excluding carboxylic acids is 2. The second-order valence-electron chi connectivity index (χ2n) is 7.88. The van der Waals surface area contributed by atoms with Gasteiger partial charge in [0.2, 0.25) is 6.61 Å². The van der Waals surface area contributed by atoms with E-state index in [4.69, 9.17) is 14.1 Å². The maximum absolute atomic E-state index is 12.8. The van der Waals surface area contributed by atoms with E-state index in [9.17, 15) is 18.0 Å². The van der Waals surface area contributed by atoms with Gasteiger partial charge in [0.05, 0.1) is 18.4 Å². The Kier molecular flexibility index (Phi) is 5.86. The molecule has 2 aliphatic rings. The number of nitrogens with one attached hydrogen (secondary N) is 1. The van der Waals surface area contributed by atoms with E-state index in [1.54, 1.807) is 34.9 Å². The molecule has 172 valence electrons. The van der Waals surface area contributed by atoms with Crippen molar-refractivity contribution >= 4 is 28.2 Å². The van der Waals surface area contributed by atoms with Crippen molar-refractivity contribution in [1.82, 2.24) is 25.1 Å². The first kappa shape index (κ1) is 22.8. The molecule has 1 fully saturated rings. The summed E-state index contributed by atoms with van der Waals surface area (Å²) in [5.74, 6) is -0.462. The van der Waals surface area contributed by atoms with Crippen molar-refractivity contribution in [3.63, 3.8) is 0 Å². The third-order valence-electron chi connectivity index (χ3n) is 4.49. The fourth-order valence-electron chi connectivity index (χ4n) is 3.46. The lowest BCUT2D eigenvalue weighted by Gasteiger charge is -2.31. The van der Waals surface area contributed by atoms with Gasteiger partial charge in [-0.05, 0) is 20.8 Å². The van der Waals surface area contributed by atoms with Crippen molar-refractivity contribution in [2.75, 3.05) is 20.2 Å². The summed E-state index contributed by atoms with van der Waals surface area (Å²) in [6.07, 6.45) is 1.47. The third kappa shape index (κ3) is 4.72. The van der Waals surface area contributed by atoms with Crippen molar-refractivity contribution in [1.29, 1.82) is 0 Å². The fourth-order valence-corrected chi connectivity index (χ4v) is 3.83. The smallest absolute Gasteiger partial charge is 0.418 e. The molecule has 0 radical (unpaired) electrons. The van der Waals surface area contributed by atoms with E-state index in [0.717, 1.165) is 0 Å². The first-order valence-corrected chi connectivity index (χ1v) is 10.6. The molecule has 0 aromatic carbocycles. The van der Waals surface area contributed by atoms with Crippen molar-refractivity contribution in [3.8, 4) is 0 Å². The number of hydroxylamine groups is 2. The number of carbonyl (C=O) groups is 2. The van der Waals surface area contributed by atoms with Crippen LogP contribution in [0.4, 0.5) is 4.79 Å². The summed E-state index contributed by atoms with van der Waals surface area (Å²) in [4.78, 5) is 31.1. The van der Waals surface area contributed by atoms with Gasteiger partial charge in [-0.3, -0.25) is 9.23 Å². The minimum absolute atomic E-state index is 0.0461. The summed E-state index contributed by atoms with van der Waals surface area (Å²) in [5, 5.41) is 11.5. The van der Waals surface area contributed by atoms with Gasteiger partial charge in [-0.25, -0.2) is 9.59 Å². The zero-order valence-electron chi connectivity index (χ0n) is 17.6. The molecule has 0 saturated carbocycles. The lowest BCUT2D eigenvalue weighted by Crippen LogP contribution is -2.43. The lowest BCUT2D eigenvalue weighted by atomic mass is 9.97. The van der Waals surface area contributed by atoms with Crippen molar-refractivity contribution in [3.05, 3.63) is 17.5 Å². The summed E-state index contributed by atoms with van der Waals surface area (Å²) >= 11 is 0. The number of nitrogens with zero attached hydrogens (tertiary/aromatic N) is 5. The van der Waals surface area contributed by atoms with Crippen molar-refractivity contribution in [2.45, 2.75) is 38.5 Å². The average molecular weight is 460 g/mol. The highest BCUT2D eigenvalue weighted by molar-refractivity contribution is 7.80. The molecule has 2 amide bonds. The van der Waals surface area contributed by atoms with Crippen LogP contribution in [0.25, 0.3) is 0 Å². The van der Waals surface area contributed by atoms with E-state index in [-0.39, 0.29) is 12.4 Å². The average Bonchev–Trinajstić information content (AvgIpc) is 3.12. The molecule has 1 aromatic heterocycles. The van der Waals surface area contributed by atoms with Crippen LogP contribution in [0.5, 0.6) is 0 Å². The number of aryl methyl sites for hydroxylation is 1. The Morgan fingerprint density at radius 2 is 2.10 bits per heavy atom. The van der Waals surface area contributed by atoms with Crippen LogP contribution < -0.4 is 5.32 Å². The minimum Gasteiger partial charge on any atom is -0.457 e. The molecule has 15 heteroatoms. The monoisotopic (exact) mass is 460 g/mol. The summed E-state index contributed by atoms with van der Waals surface area (Å²) < 4.78 is 42.6. The van der Waals surface area contributed by atoms with Crippen LogP contribution in [0.2, 0.25) is 0 Å². The number of hydrogen-bond acceptors (Lipinski definition) is 9. The minimum atomic E-state index is -4.93. The highest BCUT2D eigenvalue weighted by Crippen LogP contribution is 2.44. The van der Waals surface area contributed by atoms with Crippen LogP contribution in [0.3, 0.4) is 0 Å². The fraction of sp³-hybridized carbons (Fsp3) is 0.625. The SMILES string of the molecule is CN/C(=N\OCC(=O)OC(C)(C)C)[C@@H]1c2c(cnn2C)[C@@H]2CN1C(=O)N2OS(=O)(=O)O. The van der Waals surface area contributed by atoms with E-state index in [1.807, 2.05) is 0 Å². The molecule has 0 unspecified atom stereocenters. The molecule has 0 spiro atoms. The number of likely N-dealkylation sites (N-methyl/N-ethyl adjacent to an activating group) is 1. The van der Waals surface area contributed by atoms with Crippen LogP contribution in [0, 0.1) is 0 Å². The number of amides is 2. The van der Waals surface area contributed by atoms with Crippen LogP contribution in [0.1, 0.15) is 44.1 Å². The summed E-state index contributed by atoms with van der Waals surface area (Å²) in [5.41, 5.74) is 0.351. The van der Waals surface area contributed by atoms with Crippen LogP contribution in [-0.2, 0) is 36.1 Å². The second kappa shape index (κ2) is 7.97. The first-order valence-electron chi connectivity index (χ1n) is 9.20. The number of oxime groups is 1. The molecular weight excluding hydrogens is 436 g/mol. The second-order valence-corrected chi connectivity index (χ2v) is 8.88. The van der Waals surface area contributed by atoms with Crippen LogP contribution in [0.15, 0.2) is 11.4 Å². The van der Waals surface area contributed by atoms with Gasteiger partial charge in [-0.2, -0.15) is 18.6 Å². The van der Waals surface area contributed by atoms with Crippen LogP contribution >= 0.6 is 0 Å². The molecular formula is C16H24N6O8S. The van der Waals surface area contributed by atoms with E-state index in [2.05, 4.69) is 19.9 Å². The molecule has 1 saturated heterocycles. The largest absolute Gasteiger partial charge is 0.457 e. The summed E-state index contributed by atoms with van der Waals surface area (Å²) in [7, 11) is -1.74. The van der Waals surface area contributed by atoms with Crippen molar-refractivity contribution in [2.24, 2.45) is 12.2 Å². The molecule has 3 rings (SSSR count). The Hall–Kier alpha value is -2.91. The summed E-state index contributed by atoms with van der Waals surface area (Å²) in [6.45, 7) is 4.74. The number of amidine groups is 1. The quantitative estimate of drug-likeness (QED) is 0.192. The van der Waals surface area contributed by atoms with E-state index in [1.165, 1.54) is 15.8 Å². The Morgan fingerprint density at radius 1 is 1.42 bits per heavy atom. The van der Waals surface area contributed by atoms with Crippen LogP contribution in [-0.4, -0.2) is 76.4 Å². The molecule has 14 nitrogen and oxygen atoms in total. The maximum Gasteiger partial charge on any atom is 0.418 e. The number of rotatable bonds is 6. The Balaban J connectivity index is 1.89. The number of ether oxygens (including phenoxy) is 1. The molecule has 1 aromatic rings. The predicted molar refractivity (Wildman–Crippen MR) is 104 cm³/mol. The van der Waals surface area contributed by atoms with E-state index < -0.39 is 46.7 Å². The Bertz CT molecular complexity index is 1010. The number of hydrogen-bond donors (Lipinski definition) is 2. The van der Waals surface area contributed by atoms with E-state index in [0.29, 0.717) is 16.3 Å². The zero-order chi connectivity index (χ0) is 23.1. The van der Waals surface area contributed by atoms with Gasteiger partial charge in [0.15, 0.2) is 5.84 Å². The Labute approximate surface area is 178 Å². The highest BCUT2D eigenvalue weighted by atomic mass is 32.3. The lowest BCUT2D eigenvalue weighted by molar-refractivity contribution is -0.160. The summed E-state index contributed by atoms with van der Waals surface area (Å²) in [6, 6.07) is -2.46. The van der Waals surface area contributed by atoms with Gasteiger partial charge in [0, 0.05) is 19.7 Å². The molecule has 31 heavy (non-hydrogen) atoms. The van der Waals surface area contributed by atoms with Gasteiger partial charge in [-0.15, -0.1) is 4.28 Å². The van der Waals surface area contributed by atoms with Gasteiger partial charge < -0.3 is 19.8 Å². The molecule has 2 atom stereocenters. The third-order valence-corrected chi connectivity index (χ3v) is 4.83. The molecule has 2 N–H and O–H groups in total. The van der Waals surface area contributed by atoms with Gasteiger partial charge in [0.1, 0.15) is 17.7 Å². The topological polar surface area (TPSA) is 165 Å². The Morgan fingerprint density at radius 3 is 2.68 bits per heavy atom. The van der Waals surface area contributed by atoms with Crippen molar-refractivity contribution < 1.29 is 36.4 Å². The molecule has 2 aliphatic heterocycles. The maximum atomic E-state index is 12.8.